The molecule has 8 heteroatoms. The van der Waals surface area contributed by atoms with E-state index in [1.54, 1.807) is 20.1 Å². The van der Waals surface area contributed by atoms with Gasteiger partial charge in [0, 0.05) is 0 Å². The first-order valence-corrected chi connectivity index (χ1v) is 16.5. The lowest BCUT2D eigenvalue weighted by Crippen LogP contribution is -2.55. The molecule has 0 saturated carbocycles. The zero-order valence-corrected chi connectivity index (χ0v) is 22.6. The van der Waals surface area contributed by atoms with Gasteiger partial charge >= 0.3 is 5.97 Å². The summed E-state index contributed by atoms with van der Waals surface area (Å²) in [5.41, 5.74) is 0. The Bertz CT molecular complexity index is 620. The van der Waals surface area contributed by atoms with E-state index in [9.17, 15) is 10.0 Å². The van der Waals surface area contributed by atoms with Crippen LogP contribution in [0.1, 0.15) is 55.4 Å². The van der Waals surface area contributed by atoms with Crippen LogP contribution < -0.4 is 0 Å². The molecule has 170 valence electrons. The standard InChI is InChI=1S/C21H43NO5Si2/c1-13-25-19(23)15(2)17-18(27-29(11,12)21(6,7)8)16(14-22(17)24)26-28(9,10)20(3,4)5/h14-18H,13H2,1-12H3/t15-,16+,17+,18-/m1/s1. The van der Waals surface area contributed by atoms with Crippen LogP contribution >= 0.6 is 0 Å². The van der Waals surface area contributed by atoms with Crippen molar-refractivity contribution < 1.29 is 23.1 Å². The van der Waals surface area contributed by atoms with Crippen LogP contribution in [-0.4, -0.2) is 58.4 Å². The Balaban J connectivity index is 3.32. The highest BCUT2D eigenvalue weighted by molar-refractivity contribution is 6.74. The molecule has 0 aromatic heterocycles. The predicted octanol–water partition coefficient (Wildman–Crippen LogP) is 4.93. The molecule has 1 rings (SSSR count). The molecular formula is C21H43NO5Si2. The van der Waals surface area contributed by atoms with E-state index in [-0.39, 0.29) is 22.7 Å². The van der Waals surface area contributed by atoms with Crippen LogP contribution in [0.25, 0.3) is 0 Å². The minimum atomic E-state index is -2.21. The average molecular weight is 446 g/mol. The molecule has 0 fully saturated rings. The van der Waals surface area contributed by atoms with Crippen molar-refractivity contribution in [2.24, 2.45) is 5.92 Å². The summed E-state index contributed by atoms with van der Waals surface area (Å²) in [4.78, 5) is 12.5. The first-order valence-electron chi connectivity index (χ1n) is 10.7. The number of hydrogen-bond donors (Lipinski definition) is 0. The third kappa shape index (κ3) is 5.92. The number of ether oxygens (including phenoxy) is 1. The van der Waals surface area contributed by atoms with Gasteiger partial charge in [0.25, 0.3) is 0 Å². The molecular weight excluding hydrogens is 402 g/mol. The molecule has 0 radical (unpaired) electrons. The van der Waals surface area contributed by atoms with E-state index in [1.165, 1.54) is 0 Å². The lowest BCUT2D eigenvalue weighted by molar-refractivity contribution is -0.504. The molecule has 0 bridgehead atoms. The van der Waals surface area contributed by atoms with Gasteiger partial charge in [0.15, 0.2) is 29.0 Å². The number of esters is 1. The molecule has 1 heterocycles. The van der Waals surface area contributed by atoms with Crippen molar-refractivity contribution in [3.05, 3.63) is 5.21 Å². The number of rotatable bonds is 7. The zero-order valence-electron chi connectivity index (χ0n) is 20.6. The summed E-state index contributed by atoms with van der Waals surface area (Å²) in [7, 11) is -4.35. The third-order valence-corrected chi connectivity index (χ3v) is 15.8. The summed E-state index contributed by atoms with van der Waals surface area (Å²) in [6.07, 6.45) is 0.602. The van der Waals surface area contributed by atoms with Gasteiger partial charge in [0.2, 0.25) is 6.04 Å². The Morgan fingerprint density at radius 1 is 1.03 bits per heavy atom. The van der Waals surface area contributed by atoms with Crippen LogP contribution in [0, 0.1) is 11.1 Å². The van der Waals surface area contributed by atoms with Gasteiger partial charge in [-0.05, 0) is 50.1 Å². The highest BCUT2D eigenvalue weighted by Crippen LogP contribution is 2.42. The van der Waals surface area contributed by atoms with E-state index in [2.05, 4.69) is 67.7 Å². The first kappa shape index (κ1) is 26.3. The van der Waals surface area contributed by atoms with Crippen LogP contribution in [0.15, 0.2) is 0 Å². The second-order valence-electron chi connectivity index (χ2n) is 11.2. The number of carbonyl (C=O) groups excluding carboxylic acids is 1. The number of nitrogens with zero attached hydrogens (tertiary/aromatic N) is 1. The monoisotopic (exact) mass is 445 g/mol. The Labute approximate surface area is 179 Å². The van der Waals surface area contributed by atoms with Crippen molar-refractivity contribution >= 4 is 28.8 Å². The molecule has 0 aliphatic carbocycles. The van der Waals surface area contributed by atoms with E-state index < -0.39 is 40.8 Å². The lowest BCUT2D eigenvalue weighted by atomic mass is 9.97. The maximum atomic E-state index is 12.9. The summed E-state index contributed by atoms with van der Waals surface area (Å²) in [5, 5.41) is 12.9. The molecule has 1 aliphatic rings. The van der Waals surface area contributed by atoms with Gasteiger partial charge in [-0.3, -0.25) is 4.79 Å². The minimum absolute atomic E-state index is 0.000914. The van der Waals surface area contributed by atoms with E-state index in [1.807, 2.05) is 0 Å². The van der Waals surface area contributed by atoms with Gasteiger partial charge in [-0.25, -0.2) is 4.74 Å². The topological polar surface area (TPSA) is 70.8 Å². The number of hydroxylamine groups is 1. The molecule has 0 N–H and O–H groups in total. The summed E-state index contributed by atoms with van der Waals surface area (Å²) in [6.45, 7) is 25.5. The molecule has 1 aliphatic heterocycles. The van der Waals surface area contributed by atoms with Crippen molar-refractivity contribution in [3.8, 4) is 0 Å². The number of carbonyl (C=O) groups is 1. The van der Waals surface area contributed by atoms with Gasteiger partial charge in [0.1, 0.15) is 12.0 Å². The molecule has 0 amide bonds. The van der Waals surface area contributed by atoms with Crippen LogP contribution in [0.4, 0.5) is 0 Å². The van der Waals surface area contributed by atoms with Crippen LogP contribution in [0.3, 0.4) is 0 Å². The Morgan fingerprint density at radius 3 is 1.90 bits per heavy atom. The van der Waals surface area contributed by atoms with Gasteiger partial charge in [-0.1, -0.05) is 41.5 Å². The maximum Gasteiger partial charge on any atom is 0.315 e. The quantitative estimate of drug-likeness (QED) is 0.240. The second kappa shape index (κ2) is 8.80. The highest BCUT2D eigenvalue weighted by Gasteiger charge is 2.54. The van der Waals surface area contributed by atoms with E-state index in [0.29, 0.717) is 0 Å². The van der Waals surface area contributed by atoms with Crippen LogP contribution in [0.2, 0.25) is 36.3 Å². The van der Waals surface area contributed by atoms with Crippen LogP contribution in [0.5, 0.6) is 0 Å². The van der Waals surface area contributed by atoms with Gasteiger partial charge < -0.3 is 18.8 Å². The van der Waals surface area contributed by atoms with Crippen LogP contribution in [-0.2, 0) is 18.4 Å². The van der Waals surface area contributed by atoms with E-state index in [4.69, 9.17) is 13.6 Å². The molecule has 0 spiro atoms. The summed E-state index contributed by atoms with van der Waals surface area (Å²) in [6, 6.07) is -0.655. The Hall–Kier alpha value is -0.706. The SMILES string of the molecule is CCOC(=O)[C@H](C)[C@H]1[C@H](O[Si](C)(C)C(C)(C)C)[C@@H](O[Si](C)(C)C(C)(C)C)C=[N+]1[O-]. The van der Waals surface area contributed by atoms with Crippen molar-refractivity contribution in [2.45, 2.75) is 110 Å². The normalized spacial score (nSPS) is 25.0. The molecule has 0 aromatic carbocycles. The fourth-order valence-electron chi connectivity index (χ4n) is 2.85. The second-order valence-corrected chi connectivity index (χ2v) is 20.7. The minimum Gasteiger partial charge on any atom is -0.624 e. The van der Waals surface area contributed by atoms with Gasteiger partial charge in [-0.2, -0.15) is 0 Å². The Kier molecular flexibility index (Phi) is 7.99. The first-order chi connectivity index (χ1) is 12.9. The van der Waals surface area contributed by atoms with Crippen molar-refractivity contribution in [2.75, 3.05) is 6.61 Å². The van der Waals surface area contributed by atoms with Crippen molar-refractivity contribution in [1.82, 2.24) is 0 Å². The molecule has 4 atom stereocenters. The van der Waals surface area contributed by atoms with E-state index in [0.717, 1.165) is 4.74 Å². The average Bonchev–Trinajstić information content (AvgIpc) is 2.78. The Morgan fingerprint density at radius 2 is 1.48 bits per heavy atom. The summed E-state index contributed by atoms with van der Waals surface area (Å²) in [5.74, 6) is -0.977. The predicted molar refractivity (Wildman–Crippen MR) is 123 cm³/mol. The maximum absolute atomic E-state index is 12.9. The largest absolute Gasteiger partial charge is 0.624 e. The lowest BCUT2D eigenvalue weighted by Gasteiger charge is -2.43. The number of hydrogen-bond acceptors (Lipinski definition) is 5. The summed E-state index contributed by atoms with van der Waals surface area (Å²) >= 11 is 0. The third-order valence-electron chi connectivity index (χ3n) is 6.89. The fourth-order valence-corrected chi connectivity index (χ4v) is 5.39. The smallest absolute Gasteiger partial charge is 0.315 e. The fraction of sp³-hybridized carbons (Fsp3) is 0.905. The van der Waals surface area contributed by atoms with Crippen molar-refractivity contribution in [3.63, 3.8) is 0 Å². The van der Waals surface area contributed by atoms with Gasteiger partial charge in [-0.15, -0.1) is 0 Å². The van der Waals surface area contributed by atoms with E-state index >= 15 is 0 Å². The molecule has 0 unspecified atom stereocenters. The van der Waals surface area contributed by atoms with Gasteiger partial charge in [0.05, 0.1) is 6.61 Å². The summed E-state index contributed by atoms with van der Waals surface area (Å²) < 4.78 is 19.4. The molecule has 6 nitrogen and oxygen atoms in total. The molecule has 0 saturated heterocycles. The zero-order chi connectivity index (χ0) is 23.0. The highest BCUT2D eigenvalue weighted by atomic mass is 28.4. The molecule has 29 heavy (non-hydrogen) atoms. The molecule has 0 aromatic rings. The van der Waals surface area contributed by atoms with Crippen molar-refractivity contribution in [1.29, 1.82) is 0 Å².